The molecule has 1 amide bonds. The molecule has 0 aromatic rings. The maximum absolute atomic E-state index is 9.88. The topological polar surface area (TPSA) is 52.3 Å². The second-order valence-corrected chi connectivity index (χ2v) is 1.47. The van der Waals surface area contributed by atoms with E-state index < -0.39 is 6.09 Å². The highest BCUT2D eigenvalue weighted by molar-refractivity contribution is 5.64. The van der Waals surface area contributed by atoms with Crippen LogP contribution in [0.4, 0.5) is 4.79 Å². The van der Waals surface area contributed by atoms with Gasteiger partial charge in [0.25, 0.3) is 0 Å². The van der Waals surface area contributed by atoms with Crippen molar-refractivity contribution in [2.75, 3.05) is 6.61 Å². The van der Waals surface area contributed by atoms with E-state index in [0.717, 1.165) is 0 Å². The van der Waals surface area contributed by atoms with E-state index in [1.165, 1.54) is 0 Å². The zero-order chi connectivity index (χ0) is 5.98. The van der Waals surface area contributed by atoms with Crippen molar-refractivity contribution in [1.82, 2.24) is 0 Å². The smallest absolute Gasteiger partial charge is 0.404 e. The fourth-order valence-corrected chi connectivity index (χ4v) is 0.308. The van der Waals surface area contributed by atoms with E-state index in [1.807, 2.05) is 0 Å². The zero-order valence-corrected chi connectivity index (χ0v) is 4.18. The van der Waals surface area contributed by atoms with Crippen LogP contribution < -0.4 is 5.73 Å². The molecule has 8 heavy (non-hydrogen) atoms. The van der Waals surface area contributed by atoms with Crippen molar-refractivity contribution in [2.45, 2.75) is 0 Å². The quantitative estimate of drug-likeness (QED) is 0.498. The monoisotopic (exact) mass is 111 g/mol. The maximum atomic E-state index is 9.88. The van der Waals surface area contributed by atoms with Crippen molar-refractivity contribution in [1.29, 1.82) is 0 Å². The number of primary amides is 1. The van der Waals surface area contributed by atoms with E-state index in [1.54, 1.807) is 0 Å². The Kier molecular flexibility index (Phi) is 1.09. The number of carbonyl (C=O) groups excluding carboxylic acids is 1. The van der Waals surface area contributed by atoms with Gasteiger partial charge in [-0.25, -0.2) is 4.79 Å². The maximum Gasteiger partial charge on any atom is 0.404 e. The molecule has 0 spiro atoms. The highest BCUT2D eigenvalue weighted by Gasteiger charge is 2.10. The predicted molar refractivity (Wildman–Crippen MR) is 26.8 cm³/mol. The summed E-state index contributed by atoms with van der Waals surface area (Å²) in [6.45, 7) is 0.301. The van der Waals surface area contributed by atoms with Gasteiger partial charge in [-0.05, 0) is 0 Å². The molecule has 0 aromatic carbocycles. The van der Waals surface area contributed by atoms with Gasteiger partial charge in [-0.3, -0.25) is 0 Å². The lowest BCUT2D eigenvalue weighted by Gasteiger charge is -1.94. The Morgan fingerprint density at radius 2 is 2.38 bits per heavy atom. The van der Waals surface area contributed by atoms with Crippen molar-refractivity contribution < 1.29 is 9.53 Å². The minimum absolute atomic E-state index is 0.113. The van der Waals surface area contributed by atoms with Crippen LogP contribution in [-0.4, -0.2) is 12.7 Å². The Labute approximate surface area is 46.8 Å². The van der Waals surface area contributed by atoms with Gasteiger partial charge in [0, 0.05) is 0 Å². The minimum atomic E-state index is -0.736. The fourth-order valence-electron chi connectivity index (χ4n) is 0.308. The molecule has 0 fully saturated rings. The van der Waals surface area contributed by atoms with Gasteiger partial charge in [-0.1, -0.05) is 11.8 Å². The third kappa shape index (κ3) is 1.52. The zero-order valence-electron chi connectivity index (χ0n) is 4.18. The SMILES string of the molecule is NC(=O)OCC1C#C1. The van der Waals surface area contributed by atoms with Crippen LogP contribution in [0.5, 0.6) is 0 Å². The number of amides is 1. The van der Waals surface area contributed by atoms with E-state index in [9.17, 15) is 4.79 Å². The van der Waals surface area contributed by atoms with Crippen LogP contribution in [0.3, 0.4) is 0 Å². The molecule has 2 N–H and O–H groups in total. The van der Waals surface area contributed by atoms with E-state index >= 15 is 0 Å². The number of rotatable bonds is 2. The first-order valence-corrected chi connectivity index (χ1v) is 2.22. The van der Waals surface area contributed by atoms with Crippen molar-refractivity contribution in [3.8, 4) is 11.8 Å². The van der Waals surface area contributed by atoms with Crippen LogP contribution in [0.15, 0.2) is 0 Å². The first kappa shape index (κ1) is 4.98. The average molecular weight is 111 g/mol. The van der Waals surface area contributed by atoms with Gasteiger partial charge in [0.1, 0.15) is 12.5 Å². The van der Waals surface area contributed by atoms with Crippen molar-refractivity contribution in [3.05, 3.63) is 0 Å². The van der Waals surface area contributed by atoms with Gasteiger partial charge in [0.15, 0.2) is 0 Å². The molecule has 0 atom stereocenters. The lowest BCUT2D eigenvalue weighted by atomic mass is 10.4. The number of hydrogen-bond acceptors (Lipinski definition) is 2. The van der Waals surface area contributed by atoms with Gasteiger partial charge in [-0.15, -0.1) is 0 Å². The second-order valence-electron chi connectivity index (χ2n) is 1.47. The summed E-state index contributed by atoms with van der Waals surface area (Å²) in [5.41, 5.74) is 4.65. The fraction of sp³-hybridized carbons (Fsp3) is 0.400. The third-order valence-corrected chi connectivity index (χ3v) is 0.741. The molecule has 0 saturated heterocycles. The lowest BCUT2D eigenvalue weighted by molar-refractivity contribution is 0.155. The molecule has 0 aliphatic heterocycles. The molecule has 0 aromatic heterocycles. The van der Waals surface area contributed by atoms with Crippen LogP contribution >= 0.6 is 0 Å². The minimum Gasteiger partial charge on any atom is -0.447 e. The molecule has 0 bridgehead atoms. The van der Waals surface area contributed by atoms with Crippen molar-refractivity contribution in [2.24, 2.45) is 11.7 Å². The summed E-state index contributed by atoms with van der Waals surface area (Å²) in [5, 5.41) is 0. The first-order chi connectivity index (χ1) is 3.79. The molecule has 0 radical (unpaired) electrons. The van der Waals surface area contributed by atoms with Crippen LogP contribution in [0.25, 0.3) is 0 Å². The Bertz CT molecular complexity index is 157. The second kappa shape index (κ2) is 1.74. The van der Waals surface area contributed by atoms with Gasteiger partial charge < -0.3 is 10.5 Å². The molecule has 1 aliphatic carbocycles. The van der Waals surface area contributed by atoms with Crippen molar-refractivity contribution >= 4 is 6.09 Å². The van der Waals surface area contributed by atoms with Crippen LogP contribution in [-0.2, 0) is 4.74 Å². The Hall–Kier alpha value is -1.17. The van der Waals surface area contributed by atoms with Gasteiger partial charge in [0.05, 0.1) is 0 Å². The Morgan fingerprint density at radius 1 is 1.75 bits per heavy atom. The predicted octanol–water partition coefficient (Wildman–Crippen LogP) is -0.285. The standard InChI is InChI=1S/C5H5NO2/c6-5(7)8-3-4-1-2-4/h4H,3H2,(H2,6,7). The van der Waals surface area contributed by atoms with E-state index in [-0.39, 0.29) is 5.92 Å². The normalized spacial score (nSPS) is 14.0. The molecule has 1 rings (SSSR count). The number of ether oxygens (including phenoxy) is 1. The lowest BCUT2D eigenvalue weighted by Crippen LogP contribution is -2.14. The Morgan fingerprint density at radius 3 is 2.75 bits per heavy atom. The highest BCUT2D eigenvalue weighted by Crippen LogP contribution is 2.03. The molecular weight excluding hydrogens is 106 g/mol. The molecule has 3 nitrogen and oxygen atoms in total. The average Bonchev–Trinajstić information content (AvgIpc) is 2.41. The summed E-state index contributed by atoms with van der Waals surface area (Å²) in [4.78, 5) is 9.88. The van der Waals surface area contributed by atoms with Crippen molar-refractivity contribution in [3.63, 3.8) is 0 Å². The number of carbonyl (C=O) groups is 1. The molecule has 0 unspecified atom stereocenters. The summed E-state index contributed by atoms with van der Waals surface area (Å²) < 4.78 is 4.38. The van der Waals surface area contributed by atoms with E-state index in [0.29, 0.717) is 6.61 Å². The third-order valence-electron chi connectivity index (χ3n) is 0.741. The van der Waals surface area contributed by atoms with Gasteiger partial charge in [0.2, 0.25) is 0 Å². The van der Waals surface area contributed by atoms with Crippen LogP contribution in [0.1, 0.15) is 0 Å². The first-order valence-electron chi connectivity index (χ1n) is 2.22. The van der Waals surface area contributed by atoms with Gasteiger partial charge >= 0.3 is 6.09 Å². The number of hydrogen-bond donors (Lipinski definition) is 1. The summed E-state index contributed by atoms with van der Waals surface area (Å²) in [7, 11) is 0. The van der Waals surface area contributed by atoms with Gasteiger partial charge in [-0.2, -0.15) is 0 Å². The largest absolute Gasteiger partial charge is 0.447 e. The summed E-state index contributed by atoms with van der Waals surface area (Å²) in [6.07, 6.45) is -0.736. The molecule has 42 valence electrons. The van der Waals surface area contributed by atoms with E-state index in [2.05, 4.69) is 22.3 Å². The molecule has 3 heteroatoms. The van der Waals surface area contributed by atoms with Crippen LogP contribution in [0, 0.1) is 17.8 Å². The molecule has 1 aliphatic rings. The molecule has 0 heterocycles. The van der Waals surface area contributed by atoms with E-state index in [4.69, 9.17) is 0 Å². The molecular formula is C5H5NO2. The molecule has 0 saturated carbocycles. The van der Waals surface area contributed by atoms with Crippen LogP contribution in [0.2, 0.25) is 0 Å². The highest BCUT2D eigenvalue weighted by atomic mass is 16.5. The number of nitrogens with two attached hydrogens (primary N) is 1. The summed E-state index contributed by atoms with van der Waals surface area (Å²) in [6, 6.07) is 0. The Balaban J connectivity index is 1.96. The summed E-state index contributed by atoms with van der Waals surface area (Å²) in [5.74, 6) is 5.53. The summed E-state index contributed by atoms with van der Waals surface area (Å²) >= 11 is 0.